The van der Waals surface area contributed by atoms with Crippen molar-refractivity contribution in [1.29, 1.82) is 5.41 Å². The number of amidine groups is 1. The normalized spacial score (nSPS) is 11.9. The first-order valence-electron chi connectivity index (χ1n) is 7.56. The Bertz CT molecular complexity index is 699. The Morgan fingerprint density at radius 1 is 1.08 bits per heavy atom. The fourth-order valence-electron chi connectivity index (χ4n) is 2.28. The van der Waals surface area contributed by atoms with Gasteiger partial charge in [-0.2, -0.15) is 0 Å². The number of aliphatic carboxylic acids is 1. The Morgan fingerprint density at radius 3 is 2.12 bits per heavy atom. The van der Waals surface area contributed by atoms with E-state index in [9.17, 15) is 9.35 Å². The van der Waals surface area contributed by atoms with Gasteiger partial charge in [0.2, 0.25) is 0 Å². The van der Waals surface area contributed by atoms with Crippen molar-refractivity contribution in [2.75, 3.05) is 5.75 Å². The number of rotatable bonds is 8. The summed E-state index contributed by atoms with van der Waals surface area (Å²) in [5.74, 6) is 0.0263. The van der Waals surface area contributed by atoms with E-state index in [1.54, 1.807) is 0 Å². The maximum Gasteiger partial charge on any atom is 0.303 e. The summed E-state index contributed by atoms with van der Waals surface area (Å²) in [6.07, 6.45) is 0.490. The Hall–Kier alpha value is -2.31. The quantitative estimate of drug-likeness (QED) is 0.388. The molecule has 2 aromatic carbocycles. The molecule has 0 aliphatic rings. The van der Waals surface area contributed by atoms with Gasteiger partial charge < -0.3 is 15.4 Å². The molecule has 24 heavy (non-hydrogen) atoms. The zero-order valence-corrected chi connectivity index (χ0v) is 14.0. The largest absolute Gasteiger partial charge is 0.616 e. The number of hydrogen-bond donors (Lipinski definition) is 3. The van der Waals surface area contributed by atoms with Gasteiger partial charge in [0.05, 0.1) is 0 Å². The third kappa shape index (κ3) is 5.40. The highest BCUT2D eigenvalue weighted by atomic mass is 32.2. The summed E-state index contributed by atoms with van der Waals surface area (Å²) in [6.45, 7) is 0. The molecule has 6 heteroatoms. The van der Waals surface area contributed by atoms with Crippen LogP contribution in [0.5, 0.6) is 0 Å². The van der Waals surface area contributed by atoms with Crippen molar-refractivity contribution in [2.24, 2.45) is 5.73 Å². The lowest BCUT2D eigenvalue weighted by atomic mass is 10.0. The number of nitrogens with one attached hydrogen (secondary N) is 1. The van der Waals surface area contributed by atoms with Crippen LogP contribution in [0.4, 0.5) is 0 Å². The lowest BCUT2D eigenvalue weighted by Gasteiger charge is -2.11. The second-order valence-electron chi connectivity index (χ2n) is 5.47. The van der Waals surface area contributed by atoms with E-state index < -0.39 is 17.1 Å². The van der Waals surface area contributed by atoms with Gasteiger partial charge in [0.1, 0.15) is 17.3 Å². The smallest absolute Gasteiger partial charge is 0.303 e. The number of carbonyl (C=O) groups is 1. The predicted molar refractivity (Wildman–Crippen MR) is 96.5 cm³/mol. The molecule has 2 rings (SSSR count). The first-order chi connectivity index (χ1) is 11.5. The molecule has 4 N–H and O–H groups in total. The van der Waals surface area contributed by atoms with Crippen LogP contribution in [0.3, 0.4) is 0 Å². The van der Waals surface area contributed by atoms with Crippen molar-refractivity contribution in [2.45, 2.75) is 18.6 Å². The summed E-state index contributed by atoms with van der Waals surface area (Å²) in [6, 6.07) is 15.2. The zero-order valence-electron chi connectivity index (χ0n) is 13.2. The molecule has 5 nitrogen and oxygen atoms in total. The highest BCUT2D eigenvalue weighted by Crippen LogP contribution is 2.21. The molecule has 2 aromatic rings. The van der Waals surface area contributed by atoms with E-state index in [0.717, 1.165) is 16.7 Å². The van der Waals surface area contributed by atoms with E-state index in [1.807, 2.05) is 48.5 Å². The van der Waals surface area contributed by atoms with Gasteiger partial charge in [-0.15, -0.1) is 0 Å². The van der Waals surface area contributed by atoms with Gasteiger partial charge in [-0.3, -0.25) is 10.2 Å². The third-order valence-corrected chi connectivity index (χ3v) is 4.97. The highest BCUT2D eigenvalue weighted by Gasteiger charge is 2.09. The van der Waals surface area contributed by atoms with E-state index in [1.165, 1.54) is 0 Å². The predicted octanol–water partition coefficient (Wildman–Crippen LogP) is 2.75. The van der Waals surface area contributed by atoms with Crippen molar-refractivity contribution in [3.8, 4) is 11.1 Å². The van der Waals surface area contributed by atoms with Crippen LogP contribution < -0.4 is 5.73 Å². The fourth-order valence-corrected chi connectivity index (χ4v) is 3.45. The molecule has 126 valence electrons. The first kappa shape index (κ1) is 18.0. The topological polar surface area (TPSA) is 110 Å². The maximum absolute atomic E-state index is 11.9. The molecule has 0 aromatic heterocycles. The SMILES string of the molecule is N=C(N)c1ccc(-c2ccc(C[S+]([O-])CCCC(=O)O)cc2)cc1. The van der Waals surface area contributed by atoms with Crippen molar-refractivity contribution in [3.63, 3.8) is 0 Å². The van der Waals surface area contributed by atoms with Crippen LogP contribution in [-0.2, 0) is 21.7 Å². The van der Waals surface area contributed by atoms with Crippen LogP contribution >= 0.6 is 0 Å². The van der Waals surface area contributed by atoms with Gasteiger partial charge in [0.25, 0.3) is 0 Å². The molecule has 0 fully saturated rings. The Labute approximate surface area is 144 Å². The molecule has 1 atom stereocenters. The average molecular weight is 344 g/mol. The molecule has 0 bridgehead atoms. The maximum atomic E-state index is 11.9. The molecule has 0 heterocycles. The van der Waals surface area contributed by atoms with Gasteiger partial charge in [0.15, 0.2) is 0 Å². The minimum Gasteiger partial charge on any atom is -0.616 e. The van der Waals surface area contributed by atoms with E-state index >= 15 is 0 Å². The van der Waals surface area contributed by atoms with Crippen molar-refractivity contribution in [1.82, 2.24) is 0 Å². The van der Waals surface area contributed by atoms with Gasteiger partial charge in [0, 0.05) is 24.0 Å². The van der Waals surface area contributed by atoms with Crippen LogP contribution in [0.15, 0.2) is 48.5 Å². The highest BCUT2D eigenvalue weighted by molar-refractivity contribution is 7.90. The van der Waals surface area contributed by atoms with E-state index in [-0.39, 0.29) is 12.3 Å². The lowest BCUT2D eigenvalue weighted by molar-refractivity contribution is -0.137. The number of hydrogen-bond acceptors (Lipinski definition) is 3. The number of nitrogens with two attached hydrogens (primary N) is 1. The summed E-state index contributed by atoms with van der Waals surface area (Å²) in [5.41, 5.74) is 9.15. The Kier molecular flexibility index (Phi) is 6.40. The number of carboxylic acids is 1. The van der Waals surface area contributed by atoms with E-state index in [0.29, 0.717) is 23.5 Å². The standard InChI is InChI=1S/C18H20N2O3S/c19-18(20)16-9-7-15(8-10-16)14-5-3-13(4-6-14)12-24(23)11-1-2-17(21)22/h3-10H,1-2,11-12H2,(H3,19,20)(H,21,22). The van der Waals surface area contributed by atoms with Gasteiger partial charge >= 0.3 is 5.97 Å². The zero-order chi connectivity index (χ0) is 17.5. The summed E-state index contributed by atoms with van der Waals surface area (Å²) in [5, 5.41) is 16.0. The van der Waals surface area contributed by atoms with E-state index in [2.05, 4.69) is 0 Å². The van der Waals surface area contributed by atoms with Crippen LogP contribution in [0, 0.1) is 5.41 Å². The molecule has 0 aliphatic carbocycles. The number of benzene rings is 2. The minimum atomic E-state index is -1.05. The van der Waals surface area contributed by atoms with Crippen molar-refractivity contribution < 1.29 is 14.5 Å². The van der Waals surface area contributed by atoms with Crippen LogP contribution in [0.25, 0.3) is 11.1 Å². The third-order valence-electron chi connectivity index (χ3n) is 3.57. The number of carboxylic acid groups (broad SMARTS) is 1. The van der Waals surface area contributed by atoms with Gasteiger partial charge in [-0.25, -0.2) is 0 Å². The summed E-state index contributed by atoms with van der Waals surface area (Å²) >= 11 is -1.05. The molecule has 0 radical (unpaired) electrons. The van der Waals surface area contributed by atoms with Gasteiger partial charge in [-0.1, -0.05) is 48.5 Å². The fraction of sp³-hybridized carbons (Fsp3) is 0.222. The first-order valence-corrected chi connectivity index (χ1v) is 9.05. The summed E-state index contributed by atoms with van der Waals surface area (Å²) < 4.78 is 11.9. The van der Waals surface area contributed by atoms with Crippen LogP contribution in [-0.4, -0.2) is 27.2 Å². The molecule has 0 aliphatic heterocycles. The number of nitrogen functional groups attached to an aromatic ring is 1. The molecule has 0 saturated carbocycles. The van der Waals surface area contributed by atoms with Crippen LogP contribution in [0.1, 0.15) is 24.0 Å². The van der Waals surface area contributed by atoms with Crippen LogP contribution in [0.2, 0.25) is 0 Å². The monoisotopic (exact) mass is 344 g/mol. The summed E-state index contributed by atoms with van der Waals surface area (Å²) in [7, 11) is 0. The molecule has 0 saturated heterocycles. The second kappa shape index (κ2) is 8.52. The minimum absolute atomic E-state index is 0.0438. The molecular formula is C18H20N2O3S. The van der Waals surface area contributed by atoms with Gasteiger partial charge in [-0.05, 0) is 22.3 Å². The molecular weight excluding hydrogens is 324 g/mol. The summed E-state index contributed by atoms with van der Waals surface area (Å²) in [4.78, 5) is 10.5. The lowest BCUT2D eigenvalue weighted by Crippen LogP contribution is -2.11. The Balaban J connectivity index is 1.95. The molecule has 0 amide bonds. The molecule has 1 unspecified atom stereocenters. The van der Waals surface area contributed by atoms with Crippen molar-refractivity contribution in [3.05, 3.63) is 59.7 Å². The van der Waals surface area contributed by atoms with E-state index in [4.69, 9.17) is 16.2 Å². The van der Waals surface area contributed by atoms with Crippen molar-refractivity contribution >= 4 is 23.0 Å². The molecule has 0 spiro atoms. The Morgan fingerprint density at radius 2 is 1.62 bits per heavy atom. The second-order valence-corrected chi connectivity index (χ2v) is 7.05. The average Bonchev–Trinajstić information content (AvgIpc) is 2.55.